The fourth-order valence-electron chi connectivity index (χ4n) is 2.54. The highest BCUT2D eigenvalue weighted by molar-refractivity contribution is 9.10. The molecule has 2 rings (SSSR count). The third-order valence-corrected chi connectivity index (χ3v) is 5.95. The molecular formula is C13H19BrFN3O2S. The molecule has 2 atom stereocenters. The predicted molar refractivity (Wildman–Crippen MR) is 83.9 cm³/mol. The van der Waals surface area contributed by atoms with Gasteiger partial charge in [-0.05, 0) is 54.0 Å². The fraction of sp³-hybridized carbons (Fsp3) is 0.538. The van der Waals surface area contributed by atoms with E-state index in [0.29, 0.717) is 10.9 Å². The van der Waals surface area contributed by atoms with E-state index < -0.39 is 20.7 Å². The molecule has 1 aliphatic heterocycles. The Bertz CT molecular complexity index is 639. The summed E-state index contributed by atoms with van der Waals surface area (Å²) in [5.41, 5.74) is 5.84. The van der Waals surface area contributed by atoms with E-state index in [1.807, 2.05) is 14.0 Å². The number of nitrogen functional groups attached to an aromatic ring is 1. The molecule has 118 valence electrons. The summed E-state index contributed by atoms with van der Waals surface area (Å²) in [6.45, 7) is 3.59. The number of benzene rings is 1. The zero-order valence-corrected chi connectivity index (χ0v) is 14.3. The van der Waals surface area contributed by atoms with Gasteiger partial charge in [-0.3, -0.25) is 0 Å². The quantitative estimate of drug-likeness (QED) is 0.785. The largest absolute Gasteiger partial charge is 0.398 e. The van der Waals surface area contributed by atoms with Crippen molar-refractivity contribution in [2.75, 3.05) is 25.9 Å². The van der Waals surface area contributed by atoms with E-state index in [9.17, 15) is 12.8 Å². The highest BCUT2D eigenvalue weighted by Gasteiger charge is 2.30. The molecule has 1 aromatic rings. The predicted octanol–water partition coefficient (Wildman–Crippen LogP) is 1.79. The number of sulfonamides is 1. The molecule has 1 aromatic carbocycles. The average Bonchev–Trinajstić information content (AvgIpc) is 2.37. The van der Waals surface area contributed by atoms with Crippen LogP contribution in [0.4, 0.5) is 10.1 Å². The Morgan fingerprint density at radius 1 is 1.48 bits per heavy atom. The van der Waals surface area contributed by atoms with E-state index in [2.05, 4.69) is 25.6 Å². The van der Waals surface area contributed by atoms with Gasteiger partial charge in [-0.15, -0.1) is 0 Å². The van der Waals surface area contributed by atoms with Crippen molar-refractivity contribution in [3.05, 3.63) is 22.4 Å². The van der Waals surface area contributed by atoms with E-state index in [1.165, 1.54) is 0 Å². The van der Waals surface area contributed by atoms with Crippen LogP contribution in [0.1, 0.15) is 13.3 Å². The number of nitrogens with zero attached hydrogens (tertiary/aromatic N) is 1. The molecule has 8 heteroatoms. The maximum atomic E-state index is 13.9. The first kappa shape index (κ1) is 16.7. The highest BCUT2D eigenvalue weighted by Crippen LogP contribution is 2.27. The van der Waals surface area contributed by atoms with Crippen molar-refractivity contribution in [1.82, 2.24) is 9.62 Å². The molecule has 0 saturated carbocycles. The third kappa shape index (κ3) is 3.74. The summed E-state index contributed by atoms with van der Waals surface area (Å²) in [7, 11) is -1.93. The Morgan fingerprint density at radius 3 is 2.76 bits per heavy atom. The summed E-state index contributed by atoms with van der Waals surface area (Å²) in [6, 6.07) is 2.01. The van der Waals surface area contributed by atoms with Crippen LogP contribution in [0.25, 0.3) is 0 Å². The molecule has 21 heavy (non-hydrogen) atoms. The van der Waals surface area contributed by atoms with Gasteiger partial charge in [0.25, 0.3) is 0 Å². The van der Waals surface area contributed by atoms with E-state index in [0.717, 1.165) is 25.2 Å². The summed E-state index contributed by atoms with van der Waals surface area (Å²) in [5, 5.41) is 0. The monoisotopic (exact) mass is 379 g/mol. The van der Waals surface area contributed by atoms with Crippen LogP contribution in [0.3, 0.4) is 0 Å². The van der Waals surface area contributed by atoms with Gasteiger partial charge in [0.2, 0.25) is 10.0 Å². The molecule has 3 N–H and O–H groups in total. The molecule has 1 saturated heterocycles. The van der Waals surface area contributed by atoms with Crippen molar-refractivity contribution < 1.29 is 12.8 Å². The van der Waals surface area contributed by atoms with E-state index >= 15 is 0 Å². The second-order valence-corrected chi connectivity index (χ2v) is 8.10. The summed E-state index contributed by atoms with van der Waals surface area (Å²) in [6.07, 6.45) is 0.699. The number of likely N-dealkylation sites (tertiary alicyclic amines) is 1. The van der Waals surface area contributed by atoms with E-state index in [4.69, 9.17) is 5.73 Å². The number of anilines is 1. The summed E-state index contributed by atoms with van der Waals surface area (Å²) in [5.74, 6) is -0.654. The van der Waals surface area contributed by atoms with Crippen LogP contribution in [0.5, 0.6) is 0 Å². The van der Waals surface area contributed by atoms with Gasteiger partial charge in [-0.25, -0.2) is 17.5 Å². The second-order valence-electron chi connectivity index (χ2n) is 5.56. The van der Waals surface area contributed by atoms with Crippen molar-refractivity contribution in [3.8, 4) is 0 Å². The van der Waals surface area contributed by atoms with Crippen LogP contribution in [0.2, 0.25) is 0 Å². The van der Waals surface area contributed by atoms with Crippen LogP contribution >= 0.6 is 15.9 Å². The zero-order chi connectivity index (χ0) is 15.8. The molecule has 5 nitrogen and oxygen atoms in total. The van der Waals surface area contributed by atoms with Crippen molar-refractivity contribution >= 4 is 31.6 Å². The summed E-state index contributed by atoms with van der Waals surface area (Å²) >= 11 is 3.08. The molecule has 0 spiro atoms. The van der Waals surface area contributed by atoms with Crippen LogP contribution in [-0.2, 0) is 10.0 Å². The lowest BCUT2D eigenvalue weighted by atomic mass is 9.95. The molecule has 1 heterocycles. The smallest absolute Gasteiger partial charge is 0.243 e. The number of nitrogens with two attached hydrogens (primary N) is 1. The summed E-state index contributed by atoms with van der Waals surface area (Å²) < 4.78 is 41.6. The first-order chi connectivity index (χ1) is 9.70. The van der Waals surface area contributed by atoms with Crippen molar-refractivity contribution in [3.63, 3.8) is 0 Å². The lowest BCUT2D eigenvalue weighted by molar-refractivity contribution is 0.188. The van der Waals surface area contributed by atoms with E-state index in [-0.39, 0.29) is 17.6 Å². The number of hydrogen-bond acceptors (Lipinski definition) is 4. The Hall–Kier alpha value is -0.700. The first-order valence-corrected chi connectivity index (χ1v) is 8.93. The van der Waals surface area contributed by atoms with Gasteiger partial charge in [-0.1, -0.05) is 6.92 Å². The molecule has 1 fully saturated rings. The molecule has 0 bridgehead atoms. The highest BCUT2D eigenvalue weighted by atomic mass is 79.9. The third-order valence-electron chi connectivity index (χ3n) is 3.76. The average molecular weight is 380 g/mol. The van der Waals surface area contributed by atoms with Crippen molar-refractivity contribution in [2.45, 2.75) is 24.3 Å². The van der Waals surface area contributed by atoms with Crippen molar-refractivity contribution in [2.24, 2.45) is 5.92 Å². The molecular weight excluding hydrogens is 361 g/mol. The molecule has 2 unspecified atom stereocenters. The lowest BCUT2D eigenvalue weighted by Gasteiger charge is -2.34. The standard InChI is InChI=1S/C13H19BrFN3O2S/c1-8-7-18(2)4-3-12(8)17-21(19,20)13-6-11(16)9(14)5-10(13)15/h5-6,8,12,17H,3-4,7,16H2,1-2H3. The number of halogens is 2. The van der Waals surface area contributed by atoms with Gasteiger partial charge in [0.05, 0.1) is 0 Å². The fourth-order valence-corrected chi connectivity index (χ4v) is 4.33. The second kappa shape index (κ2) is 6.20. The van der Waals surface area contributed by atoms with Gasteiger partial charge < -0.3 is 10.6 Å². The zero-order valence-electron chi connectivity index (χ0n) is 11.9. The number of piperidine rings is 1. The molecule has 0 radical (unpaired) electrons. The van der Waals surface area contributed by atoms with Gasteiger partial charge in [0, 0.05) is 22.7 Å². The van der Waals surface area contributed by atoms with Crippen LogP contribution in [0.15, 0.2) is 21.5 Å². The van der Waals surface area contributed by atoms with Gasteiger partial charge in [0.15, 0.2) is 0 Å². The Labute approximate surface area is 132 Å². The minimum absolute atomic E-state index is 0.161. The number of nitrogens with one attached hydrogen (secondary N) is 1. The van der Waals surface area contributed by atoms with Gasteiger partial charge in [0.1, 0.15) is 10.7 Å². The van der Waals surface area contributed by atoms with Crippen LogP contribution in [-0.4, -0.2) is 39.5 Å². The minimum Gasteiger partial charge on any atom is -0.398 e. The van der Waals surface area contributed by atoms with Crippen molar-refractivity contribution in [1.29, 1.82) is 0 Å². The van der Waals surface area contributed by atoms with Gasteiger partial charge in [-0.2, -0.15) is 0 Å². The number of rotatable bonds is 3. The summed E-state index contributed by atoms with van der Waals surface area (Å²) in [4.78, 5) is 1.74. The minimum atomic E-state index is -3.92. The Balaban J connectivity index is 2.25. The maximum Gasteiger partial charge on any atom is 0.243 e. The molecule has 0 amide bonds. The SMILES string of the molecule is CC1CN(C)CCC1NS(=O)(=O)c1cc(N)c(Br)cc1F. The molecule has 0 aliphatic carbocycles. The molecule has 0 aromatic heterocycles. The van der Waals surface area contributed by atoms with Crippen LogP contribution in [0, 0.1) is 11.7 Å². The topological polar surface area (TPSA) is 75.4 Å². The lowest BCUT2D eigenvalue weighted by Crippen LogP contribution is -2.48. The Kier molecular flexibility index (Phi) is 4.92. The van der Waals surface area contributed by atoms with Gasteiger partial charge >= 0.3 is 0 Å². The Morgan fingerprint density at radius 2 is 2.14 bits per heavy atom. The van der Waals surface area contributed by atoms with Crippen LogP contribution < -0.4 is 10.5 Å². The van der Waals surface area contributed by atoms with E-state index in [1.54, 1.807) is 0 Å². The molecule has 1 aliphatic rings. The maximum absolute atomic E-state index is 13.9. The number of hydrogen-bond donors (Lipinski definition) is 2. The first-order valence-electron chi connectivity index (χ1n) is 6.66. The normalized spacial score (nSPS) is 24.2.